The van der Waals surface area contributed by atoms with E-state index in [0.717, 1.165) is 17.1 Å². The van der Waals surface area contributed by atoms with Crippen molar-refractivity contribution >= 4 is 65.9 Å². The van der Waals surface area contributed by atoms with Crippen LogP contribution >= 0.6 is 0 Å². The molecule has 0 unspecified atom stereocenters. The van der Waals surface area contributed by atoms with E-state index in [1.54, 1.807) is 0 Å². The number of nitrogens with zero attached hydrogens (tertiary/aromatic N) is 2. The molecule has 0 aliphatic carbocycles. The van der Waals surface area contributed by atoms with Crippen molar-refractivity contribution < 1.29 is 0 Å². The lowest BCUT2D eigenvalue weighted by molar-refractivity contribution is 1.28. The van der Waals surface area contributed by atoms with Crippen LogP contribution in [0.4, 0.5) is 17.1 Å². The summed E-state index contributed by atoms with van der Waals surface area (Å²) in [6.45, 7) is 0. The van der Waals surface area contributed by atoms with Crippen LogP contribution in [0.2, 0.25) is 0 Å². The van der Waals surface area contributed by atoms with Crippen molar-refractivity contribution in [2.75, 3.05) is 4.90 Å². The molecule has 0 fully saturated rings. The molecular formula is C52H34N2. The molecular weight excluding hydrogens is 653 g/mol. The van der Waals surface area contributed by atoms with Crippen molar-refractivity contribution in [3.05, 3.63) is 206 Å². The highest BCUT2D eigenvalue weighted by Gasteiger charge is 2.20. The first-order chi connectivity index (χ1) is 26.8. The lowest BCUT2D eigenvalue weighted by Crippen LogP contribution is -2.09. The first-order valence-corrected chi connectivity index (χ1v) is 18.6. The molecule has 0 spiro atoms. The monoisotopic (exact) mass is 686 g/mol. The average Bonchev–Trinajstić information content (AvgIpc) is 3.59. The van der Waals surface area contributed by atoms with E-state index < -0.39 is 0 Å². The number of hydrogen-bond acceptors (Lipinski definition) is 1. The quantitative estimate of drug-likeness (QED) is 0.125. The van der Waals surface area contributed by atoms with E-state index in [-0.39, 0.29) is 0 Å². The van der Waals surface area contributed by atoms with Crippen molar-refractivity contribution in [2.45, 2.75) is 0 Å². The van der Waals surface area contributed by atoms with Gasteiger partial charge < -0.3 is 9.30 Å². The Bertz CT molecular complexity index is 3130. The Labute approximate surface area is 313 Å². The Kier molecular flexibility index (Phi) is 6.90. The molecule has 9 aromatic carbocycles. The van der Waals surface area contributed by atoms with Crippen LogP contribution in [0.25, 0.3) is 82.2 Å². The van der Waals surface area contributed by atoms with Crippen molar-refractivity contribution in [1.29, 1.82) is 0 Å². The van der Waals surface area contributed by atoms with Gasteiger partial charge in [-0.1, -0.05) is 146 Å². The average molecular weight is 687 g/mol. The summed E-state index contributed by atoms with van der Waals surface area (Å²) in [6.07, 6.45) is 0. The van der Waals surface area contributed by atoms with Crippen LogP contribution in [-0.2, 0) is 0 Å². The van der Waals surface area contributed by atoms with Crippen LogP contribution < -0.4 is 4.90 Å². The summed E-state index contributed by atoms with van der Waals surface area (Å²) in [7, 11) is 0. The summed E-state index contributed by atoms with van der Waals surface area (Å²) >= 11 is 0. The lowest BCUT2D eigenvalue weighted by atomic mass is 9.94. The van der Waals surface area contributed by atoms with Gasteiger partial charge in [-0.2, -0.15) is 0 Å². The van der Waals surface area contributed by atoms with Crippen molar-refractivity contribution in [3.63, 3.8) is 0 Å². The maximum absolute atomic E-state index is 2.51. The van der Waals surface area contributed by atoms with Crippen LogP contribution in [-0.4, -0.2) is 4.40 Å². The van der Waals surface area contributed by atoms with Gasteiger partial charge in [0.2, 0.25) is 0 Å². The van der Waals surface area contributed by atoms with E-state index in [2.05, 4.69) is 216 Å². The Morgan fingerprint density at radius 3 is 1.63 bits per heavy atom. The third-order valence-corrected chi connectivity index (χ3v) is 11.1. The minimum absolute atomic E-state index is 1.11. The summed E-state index contributed by atoms with van der Waals surface area (Å²) in [5.74, 6) is 0. The standard InChI is InChI=1S/C52H34N2/c1-4-13-35(14-5-1)37-23-27-43(28-24-37)53(42-18-8-3-9-19-42)44-20-12-17-38(32-44)39-25-29-46-47-30-26-40-31-41(36-15-6-2-7-16-36)33-48-45-21-10-11-22-49(45)54(50(46)34-39)52(47)51(40)48/h1-34H. The molecule has 0 amide bonds. The number of rotatable bonds is 6. The molecule has 2 heterocycles. The SMILES string of the molecule is c1ccc(-c2ccc(N(c3ccccc3)c3cccc(-c4ccc5c6ccc7cc(-c8ccccc8)cc8c9ccccc9n(c5c4)c6c78)c3)cc2)cc1. The summed E-state index contributed by atoms with van der Waals surface area (Å²) < 4.78 is 2.51. The van der Waals surface area contributed by atoms with Gasteiger partial charge in [0, 0.05) is 38.6 Å². The van der Waals surface area contributed by atoms with Crippen LogP contribution in [0.3, 0.4) is 0 Å². The first kappa shape index (κ1) is 30.5. The molecule has 2 heteroatoms. The van der Waals surface area contributed by atoms with Crippen LogP contribution in [0.15, 0.2) is 206 Å². The predicted octanol–water partition coefficient (Wildman–Crippen LogP) is 14.5. The fraction of sp³-hybridized carbons (Fsp3) is 0. The fourth-order valence-corrected chi connectivity index (χ4v) is 8.58. The van der Waals surface area contributed by atoms with Crippen LogP contribution in [0, 0.1) is 0 Å². The molecule has 11 aromatic rings. The molecule has 0 aliphatic heterocycles. The van der Waals surface area contributed by atoms with Crippen molar-refractivity contribution in [2.24, 2.45) is 0 Å². The second-order valence-electron chi connectivity index (χ2n) is 14.2. The molecule has 252 valence electrons. The number of hydrogen-bond donors (Lipinski definition) is 0. The van der Waals surface area contributed by atoms with E-state index in [1.165, 1.54) is 82.2 Å². The highest BCUT2D eigenvalue weighted by molar-refractivity contribution is 6.29. The zero-order chi connectivity index (χ0) is 35.6. The molecule has 2 nitrogen and oxygen atoms in total. The van der Waals surface area contributed by atoms with Gasteiger partial charge in [0.1, 0.15) is 0 Å². The number of anilines is 3. The van der Waals surface area contributed by atoms with Gasteiger partial charge in [-0.15, -0.1) is 0 Å². The van der Waals surface area contributed by atoms with Crippen molar-refractivity contribution in [3.8, 4) is 33.4 Å². The summed E-state index contributed by atoms with van der Waals surface area (Å²) in [6, 6.07) is 75.1. The normalized spacial score (nSPS) is 11.7. The number of aromatic nitrogens is 1. The number of fused-ring (bicyclic) bond motifs is 6. The van der Waals surface area contributed by atoms with Gasteiger partial charge in [0.15, 0.2) is 0 Å². The summed E-state index contributed by atoms with van der Waals surface area (Å²) in [4.78, 5) is 2.35. The molecule has 0 saturated carbocycles. The summed E-state index contributed by atoms with van der Waals surface area (Å²) in [5.41, 5.74) is 14.4. The van der Waals surface area contributed by atoms with E-state index in [0.29, 0.717) is 0 Å². The van der Waals surface area contributed by atoms with Gasteiger partial charge >= 0.3 is 0 Å². The number of pyridine rings is 1. The minimum atomic E-state index is 1.11. The van der Waals surface area contributed by atoms with E-state index >= 15 is 0 Å². The van der Waals surface area contributed by atoms with E-state index in [1.807, 2.05) is 0 Å². The second-order valence-corrected chi connectivity index (χ2v) is 14.2. The summed E-state index contributed by atoms with van der Waals surface area (Å²) in [5, 5.41) is 7.71. The third-order valence-electron chi connectivity index (χ3n) is 11.1. The fourth-order valence-electron chi connectivity index (χ4n) is 8.58. The smallest absolute Gasteiger partial charge is 0.0626 e. The highest BCUT2D eigenvalue weighted by atomic mass is 15.1. The third kappa shape index (κ3) is 4.81. The molecule has 0 saturated heterocycles. The Balaban J connectivity index is 1.08. The molecule has 0 aliphatic rings. The van der Waals surface area contributed by atoms with E-state index in [9.17, 15) is 0 Å². The molecule has 0 bridgehead atoms. The Morgan fingerprint density at radius 2 is 0.852 bits per heavy atom. The largest absolute Gasteiger partial charge is 0.310 e. The molecule has 54 heavy (non-hydrogen) atoms. The number of benzene rings is 9. The lowest BCUT2D eigenvalue weighted by Gasteiger charge is -2.26. The molecule has 0 N–H and O–H groups in total. The maximum atomic E-state index is 2.51. The van der Waals surface area contributed by atoms with Crippen LogP contribution in [0.1, 0.15) is 0 Å². The first-order valence-electron chi connectivity index (χ1n) is 18.6. The maximum Gasteiger partial charge on any atom is 0.0626 e. The molecule has 2 aromatic heterocycles. The zero-order valence-corrected chi connectivity index (χ0v) is 29.5. The molecule has 0 atom stereocenters. The Hall–Kier alpha value is -7.16. The van der Waals surface area contributed by atoms with Gasteiger partial charge in [0.25, 0.3) is 0 Å². The van der Waals surface area contributed by atoms with Crippen molar-refractivity contribution in [1.82, 2.24) is 4.40 Å². The van der Waals surface area contributed by atoms with Gasteiger partial charge in [-0.25, -0.2) is 0 Å². The van der Waals surface area contributed by atoms with Crippen LogP contribution in [0.5, 0.6) is 0 Å². The minimum Gasteiger partial charge on any atom is -0.310 e. The molecule has 0 radical (unpaired) electrons. The second kappa shape index (κ2) is 12.2. The zero-order valence-electron chi connectivity index (χ0n) is 29.5. The number of para-hydroxylation sites is 2. The van der Waals surface area contributed by atoms with Gasteiger partial charge in [0.05, 0.1) is 16.6 Å². The molecule has 11 rings (SSSR count). The van der Waals surface area contributed by atoms with E-state index in [4.69, 9.17) is 0 Å². The Morgan fingerprint density at radius 1 is 0.296 bits per heavy atom. The van der Waals surface area contributed by atoms with Gasteiger partial charge in [-0.05, 0) is 105 Å². The topological polar surface area (TPSA) is 7.65 Å². The highest BCUT2D eigenvalue weighted by Crippen LogP contribution is 2.44. The van der Waals surface area contributed by atoms with Gasteiger partial charge in [-0.3, -0.25) is 0 Å². The predicted molar refractivity (Wildman–Crippen MR) is 230 cm³/mol.